The molecule has 2 saturated heterocycles. The second-order valence-corrected chi connectivity index (χ2v) is 18.5. The third kappa shape index (κ3) is 9.55. The minimum absolute atomic E-state index is 0.0115. The average molecular weight is 824 g/mol. The first-order chi connectivity index (χ1) is 25.9. The van der Waals surface area contributed by atoms with E-state index in [4.69, 9.17) is 23.7 Å². The Bertz CT molecular complexity index is 1930. The second-order valence-electron chi connectivity index (χ2n) is 14.1. The molecular formula is C38H44AsN4O10S. The quantitative estimate of drug-likeness (QED) is 0.0895. The molecule has 6 rings (SSSR count). The van der Waals surface area contributed by atoms with E-state index >= 15 is 0 Å². The molecule has 14 nitrogen and oxygen atoms in total. The standard InChI is InChI=1S/C38H44AsN4O10S/c1-38(2,16-17-39-36(41-24-40)53-27-11-7-4-8-12-27)23-42(54(47,48)28-13-14-33-34(20-28)52-25-51-33)21-32(44)30(19-26-9-5-3-6-10-26)43(37(45)46)31-22-50-35-29(31)15-18-49-35/h3-14,20,29-32,35,44H,15-19,21-23,25H2,1-2H3,(H,45,46)/t29-,30-,31-,32+,35+/m0/s1. The van der Waals surface area contributed by atoms with Gasteiger partial charge in [-0.2, -0.15) is 0 Å². The van der Waals surface area contributed by atoms with E-state index in [-0.39, 0.29) is 42.9 Å². The van der Waals surface area contributed by atoms with Gasteiger partial charge in [-0.15, -0.1) is 0 Å². The van der Waals surface area contributed by atoms with E-state index in [2.05, 4.69) is 4.99 Å². The number of hydrogen-bond donors (Lipinski definition) is 2. The number of aliphatic imine (C=N–C) groups is 1. The molecule has 0 saturated carbocycles. The summed E-state index contributed by atoms with van der Waals surface area (Å²) >= 11 is -0.687. The van der Waals surface area contributed by atoms with Crippen LogP contribution in [-0.4, -0.2) is 112 Å². The Hall–Kier alpha value is -4.16. The molecule has 3 aliphatic heterocycles. The number of amides is 1. The summed E-state index contributed by atoms with van der Waals surface area (Å²) in [5, 5.41) is 32.8. The van der Waals surface area contributed by atoms with Crippen LogP contribution >= 0.6 is 0 Å². The van der Waals surface area contributed by atoms with Gasteiger partial charge in [0, 0.05) is 0 Å². The van der Waals surface area contributed by atoms with E-state index in [9.17, 15) is 28.7 Å². The zero-order valence-corrected chi connectivity index (χ0v) is 32.8. The number of rotatable bonds is 16. The van der Waals surface area contributed by atoms with Crippen molar-refractivity contribution in [3.63, 3.8) is 0 Å². The molecule has 3 aromatic rings. The van der Waals surface area contributed by atoms with Crippen molar-refractivity contribution in [3.8, 4) is 23.4 Å². The summed E-state index contributed by atoms with van der Waals surface area (Å²) in [5.74, 6) is 1.06. The zero-order chi connectivity index (χ0) is 38.3. The number of carbonyl (C=O) groups is 1. The number of benzene rings is 3. The Labute approximate surface area is 322 Å². The number of para-hydroxylation sites is 1. The van der Waals surface area contributed by atoms with Crippen molar-refractivity contribution in [2.45, 2.75) is 67.7 Å². The van der Waals surface area contributed by atoms with Crippen LogP contribution in [0.25, 0.3) is 0 Å². The summed E-state index contributed by atoms with van der Waals surface area (Å²) in [6.07, 6.45) is -0.124. The van der Waals surface area contributed by atoms with Crippen LogP contribution in [-0.2, 0) is 25.9 Å². The summed E-state index contributed by atoms with van der Waals surface area (Å²) in [7, 11) is -4.28. The van der Waals surface area contributed by atoms with Gasteiger partial charge in [-0.05, 0) is 0 Å². The predicted molar refractivity (Wildman–Crippen MR) is 198 cm³/mol. The Kier molecular flexibility index (Phi) is 12.8. The molecule has 3 aliphatic rings. The maximum absolute atomic E-state index is 14.6. The van der Waals surface area contributed by atoms with E-state index in [1.165, 1.54) is 27.4 Å². The summed E-state index contributed by atoms with van der Waals surface area (Å²) in [5.41, 5.74) is 0.144. The number of ether oxygens (including phenoxy) is 5. The molecule has 3 aromatic carbocycles. The third-order valence-corrected chi connectivity index (χ3v) is 13.5. The van der Waals surface area contributed by atoms with Crippen LogP contribution in [0.3, 0.4) is 0 Å². The molecule has 1 radical (unpaired) electrons. The van der Waals surface area contributed by atoms with Gasteiger partial charge >= 0.3 is 306 Å². The fourth-order valence-electron chi connectivity index (χ4n) is 7.04. The van der Waals surface area contributed by atoms with Crippen LogP contribution in [0.2, 0.25) is 5.21 Å². The van der Waals surface area contributed by atoms with Crippen molar-refractivity contribution in [1.29, 1.82) is 5.26 Å². The van der Waals surface area contributed by atoms with Crippen molar-refractivity contribution in [3.05, 3.63) is 84.4 Å². The zero-order valence-electron chi connectivity index (χ0n) is 30.1. The molecule has 2 fully saturated rings. The molecular weight excluding hydrogens is 779 g/mol. The number of hydrogen-bond acceptors (Lipinski definition) is 11. The molecule has 2 N–H and O–H groups in total. The Morgan fingerprint density at radius 1 is 1.07 bits per heavy atom. The first-order valence-corrected chi connectivity index (χ1v) is 21.4. The molecule has 3 heterocycles. The molecule has 0 unspecified atom stereocenters. The van der Waals surface area contributed by atoms with E-state index < -0.39 is 68.3 Å². The van der Waals surface area contributed by atoms with Gasteiger partial charge < -0.3 is 4.74 Å². The Balaban J connectivity index is 1.27. The van der Waals surface area contributed by atoms with Gasteiger partial charge in [0.15, 0.2) is 0 Å². The summed E-state index contributed by atoms with van der Waals surface area (Å²) in [6.45, 7) is 3.96. The molecule has 1 amide bonds. The van der Waals surface area contributed by atoms with Gasteiger partial charge in [0.1, 0.15) is 0 Å². The molecule has 0 bridgehead atoms. The van der Waals surface area contributed by atoms with Gasteiger partial charge in [-0.1, -0.05) is 6.07 Å². The first kappa shape index (κ1) is 39.5. The van der Waals surface area contributed by atoms with Crippen LogP contribution in [0.1, 0.15) is 32.3 Å². The third-order valence-electron chi connectivity index (χ3n) is 9.79. The molecule has 16 heteroatoms. The maximum atomic E-state index is 14.6. The molecule has 54 heavy (non-hydrogen) atoms. The average Bonchev–Trinajstić information content (AvgIpc) is 3.90. The van der Waals surface area contributed by atoms with Crippen molar-refractivity contribution in [2.75, 3.05) is 33.1 Å². The van der Waals surface area contributed by atoms with Crippen LogP contribution < -0.4 is 14.2 Å². The number of aliphatic hydroxyl groups excluding tert-OH is 1. The molecule has 0 aliphatic carbocycles. The van der Waals surface area contributed by atoms with Gasteiger partial charge in [0.05, 0.1) is 6.61 Å². The summed E-state index contributed by atoms with van der Waals surface area (Å²) in [4.78, 5) is 18.2. The Morgan fingerprint density at radius 3 is 2.52 bits per heavy atom. The van der Waals surface area contributed by atoms with Crippen molar-refractivity contribution in [2.24, 2.45) is 16.3 Å². The van der Waals surface area contributed by atoms with Crippen LogP contribution in [0, 0.1) is 22.8 Å². The van der Waals surface area contributed by atoms with E-state index in [0.717, 1.165) is 5.56 Å². The van der Waals surface area contributed by atoms with Crippen molar-refractivity contribution < 1.29 is 47.1 Å². The molecule has 287 valence electrons. The van der Waals surface area contributed by atoms with Gasteiger partial charge in [-0.3, -0.25) is 0 Å². The van der Waals surface area contributed by atoms with E-state index in [1.54, 1.807) is 12.1 Å². The fourth-order valence-corrected chi connectivity index (χ4v) is 11.2. The minimum atomic E-state index is -4.28. The van der Waals surface area contributed by atoms with Gasteiger partial charge in [0.2, 0.25) is 0 Å². The van der Waals surface area contributed by atoms with E-state index in [1.807, 2.05) is 68.6 Å². The number of fused-ring (bicyclic) bond motifs is 2. The molecule has 5 atom stereocenters. The van der Waals surface area contributed by atoms with Crippen molar-refractivity contribution >= 4 is 36.6 Å². The van der Waals surface area contributed by atoms with Crippen molar-refractivity contribution in [1.82, 2.24) is 9.21 Å². The predicted octanol–water partition coefficient (Wildman–Crippen LogP) is 4.57. The normalized spacial score (nSPS) is 20.9. The number of nitriles is 1. The summed E-state index contributed by atoms with van der Waals surface area (Å²) in [6, 6.07) is 21.0. The number of sulfonamides is 1. The Morgan fingerprint density at radius 2 is 1.80 bits per heavy atom. The second kappa shape index (κ2) is 17.5. The molecule has 0 spiro atoms. The van der Waals surface area contributed by atoms with Gasteiger partial charge in [-0.25, -0.2) is 0 Å². The van der Waals surface area contributed by atoms with E-state index in [0.29, 0.717) is 40.8 Å². The topological polar surface area (TPSA) is 180 Å². The SMILES string of the molecule is CC(C)(CC[As]C(=NC#N)Oc1ccccc1)CN(C[C@@H](O)[C@H](Cc1ccccc1)N(C(=O)O)[C@H]1CO[C@H]2OCC[C@H]21)S(=O)(=O)c1ccc2c(c1)OCO2. The summed E-state index contributed by atoms with van der Waals surface area (Å²) < 4.78 is 59.1. The monoisotopic (exact) mass is 823 g/mol. The number of aliphatic hydroxyl groups is 1. The van der Waals surface area contributed by atoms with Gasteiger partial charge in [0.25, 0.3) is 0 Å². The fraction of sp³-hybridized carbons (Fsp3) is 0.447. The number of nitrogens with zero attached hydrogens (tertiary/aromatic N) is 4. The molecule has 0 aromatic heterocycles. The van der Waals surface area contributed by atoms with Crippen LogP contribution in [0.15, 0.2) is 88.8 Å². The van der Waals surface area contributed by atoms with Crippen LogP contribution in [0.4, 0.5) is 4.79 Å². The first-order valence-electron chi connectivity index (χ1n) is 17.7. The van der Waals surface area contributed by atoms with Crippen LogP contribution in [0.5, 0.6) is 17.2 Å². The number of carboxylic acid groups (broad SMARTS) is 1.